The molecule has 6 heteroatoms. The Balaban J connectivity index is 2.05. The highest BCUT2D eigenvalue weighted by Crippen LogP contribution is 2.32. The van der Waals surface area contributed by atoms with Gasteiger partial charge in [-0.1, -0.05) is 43.2 Å². The predicted molar refractivity (Wildman–Crippen MR) is 71.1 cm³/mol. The van der Waals surface area contributed by atoms with Crippen molar-refractivity contribution in [3.8, 4) is 0 Å². The molecule has 1 saturated carbocycles. The number of carbonyl (C=O) groups is 1. The number of aliphatic carboxylic acids is 1. The number of hydrogen-bond acceptors (Lipinski definition) is 3. The standard InChI is InChI=1S/C13H17NO4S/c15-13(16)12(11-4-2-1-3-5-11)14-19(17,18)9-8-10-6-7-10/h1-5,10,12,14H,6-9H2,(H,15,16)/t12-/m1/s1. The average Bonchev–Trinajstić information content (AvgIpc) is 3.19. The fraction of sp³-hybridized carbons (Fsp3) is 0.462. The van der Waals surface area contributed by atoms with Gasteiger partial charge in [0, 0.05) is 0 Å². The molecule has 2 N–H and O–H groups in total. The molecule has 1 aromatic carbocycles. The Morgan fingerprint density at radius 2 is 1.95 bits per heavy atom. The molecule has 1 aliphatic rings. The van der Waals surface area contributed by atoms with Gasteiger partial charge < -0.3 is 5.11 Å². The molecular formula is C13H17NO4S. The van der Waals surface area contributed by atoms with Crippen LogP contribution in [-0.4, -0.2) is 25.2 Å². The highest BCUT2D eigenvalue weighted by molar-refractivity contribution is 7.89. The fourth-order valence-electron chi connectivity index (χ4n) is 1.87. The minimum atomic E-state index is -3.56. The highest BCUT2D eigenvalue weighted by Gasteiger charge is 2.28. The first-order valence-electron chi connectivity index (χ1n) is 6.26. The molecule has 19 heavy (non-hydrogen) atoms. The lowest BCUT2D eigenvalue weighted by Gasteiger charge is -2.15. The Kier molecular flexibility index (Phi) is 4.21. The SMILES string of the molecule is O=C(O)[C@H](NS(=O)(=O)CCC1CC1)c1ccccc1. The summed E-state index contributed by atoms with van der Waals surface area (Å²) in [6.07, 6.45) is 2.77. The topological polar surface area (TPSA) is 83.5 Å². The summed E-state index contributed by atoms with van der Waals surface area (Å²) >= 11 is 0. The van der Waals surface area contributed by atoms with Gasteiger partial charge in [0.15, 0.2) is 0 Å². The molecule has 2 rings (SSSR count). The van der Waals surface area contributed by atoms with Gasteiger partial charge >= 0.3 is 5.97 Å². The molecule has 1 aliphatic carbocycles. The van der Waals surface area contributed by atoms with E-state index in [1.807, 2.05) is 0 Å². The Labute approximate surface area is 112 Å². The van der Waals surface area contributed by atoms with Crippen LogP contribution in [-0.2, 0) is 14.8 Å². The minimum Gasteiger partial charge on any atom is -0.480 e. The van der Waals surface area contributed by atoms with Crippen LogP contribution < -0.4 is 4.72 Å². The summed E-state index contributed by atoms with van der Waals surface area (Å²) in [5.41, 5.74) is 0.435. The van der Waals surface area contributed by atoms with E-state index in [0.29, 0.717) is 17.9 Å². The monoisotopic (exact) mass is 283 g/mol. The zero-order valence-corrected chi connectivity index (χ0v) is 11.3. The lowest BCUT2D eigenvalue weighted by Crippen LogP contribution is -2.35. The van der Waals surface area contributed by atoms with E-state index in [2.05, 4.69) is 4.72 Å². The van der Waals surface area contributed by atoms with Gasteiger partial charge in [0.05, 0.1) is 5.75 Å². The van der Waals surface area contributed by atoms with Gasteiger partial charge in [0.25, 0.3) is 0 Å². The quantitative estimate of drug-likeness (QED) is 0.795. The predicted octanol–water partition coefficient (Wildman–Crippen LogP) is 1.53. The molecule has 0 aromatic heterocycles. The molecule has 0 amide bonds. The van der Waals surface area contributed by atoms with Crippen molar-refractivity contribution in [2.45, 2.75) is 25.3 Å². The van der Waals surface area contributed by atoms with E-state index in [0.717, 1.165) is 12.8 Å². The molecule has 1 atom stereocenters. The zero-order valence-electron chi connectivity index (χ0n) is 10.5. The summed E-state index contributed by atoms with van der Waals surface area (Å²) in [6.45, 7) is 0. The van der Waals surface area contributed by atoms with E-state index in [9.17, 15) is 13.2 Å². The Morgan fingerprint density at radius 3 is 2.47 bits per heavy atom. The lowest BCUT2D eigenvalue weighted by molar-refractivity contribution is -0.139. The number of nitrogens with one attached hydrogen (secondary N) is 1. The fourth-order valence-corrected chi connectivity index (χ4v) is 3.23. The summed E-state index contributed by atoms with van der Waals surface area (Å²) in [5, 5.41) is 9.15. The van der Waals surface area contributed by atoms with Crippen molar-refractivity contribution in [1.29, 1.82) is 0 Å². The summed E-state index contributed by atoms with van der Waals surface area (Å²) in [6, 6.07) is 7.10. The maximum Gasteiger partial charge on any atom is 0.326 e. The normalized spacial score (nSPS) is 17.1. The van der Waals surface area contributed by atoms with Crippen molar-refractivity contribution in [1.82, 2.24) is 4.72 Å². The van der Waals surface area contributed by atoms with E-state index in [4.69, 9.17) is 5.11 Å². The van der Waals surface area contributed by atoms with Crippen LogP contribution in [0.15, 0.2) is 30.3 Å². The Hall–Kier alpha value is -1.40. The van der Waals surface area contributed by atoms with Crippen molar-refractivity contribution in [3.63, 3.8) is 0 Å². The second-order valence-electron chi connectivity index (χ2n) is 4.85. The summed E-state index contributed by atoms with van der Waals surface area (Å²) in [7, 11) is -3.56. The third-order valence-corrected chi connectivity index (χ3v) is 4.54. The second-order valence-corrected chi connectivity index (χ2v) is 6.72. The molecule has 0 heterocycles. The third-order valence-electron chi connectivity index (χ3n) is 3.17. The number of hydrogen-bond donors (Lipinski definition) is 2. The van der Waals surface area contributed by atoms with Crippen LogP contribution in [0.25, 0.3) is 0 Å². The molecule has 104 valence electrons. The van der Waals surface area contributed by atoms with Gasteiger partial charge in [-0.3, -0.25) is 4.79 Å². The first kappa shape index (κ1) is 14.0. The van der Waals surface area contributed by atoms with Gasteiger partial charge in [-0.15, -0.1) is 0 Å². The van der Waals surface area contributed by atoms with Gasteiger partial charge in [-0.25, -0.2) is 8.42 Å². The van der Waals surface area contributed by atoms with Crippen molar-refractivity contribution in [2.24, 2.45) is 5.92 Å². The van der Waals surface area contributed by atoms with E-state index in [-0.39, 0.29) is 5.75 Å². The number of carboxylic acids is 1. The smallest absolute Gasteiger partial charge is 0.326 e. The minimum absolute atomic E-state index is 0.00567. The molecule has 0 aliphatic heterocycles. The molecule has 0 bridgehead atoms. The van der Waals surface area contributed by atoms with Gasteiger partial charge in [-0.05, 0) is 17.9 Å². The van der Waals surface area contributed by atoms with Crippen molar-refractivity contribution >= 4 is 16.0 Å². The molecule has 0 spiro atoms. The van der Waals surface area contributed by atoms with Crippen LogP contribution in [0.3, 0.4) is 0 Å². The Bertz CT molecular complexity index is 537. The molecule has 0 unspecified atom stereocenters. The number of benzene rings is 1. The highest BCUT2D eigenvalue weighted by atomic mass is 32.2. The molecule has 0 saturated heterocycles. The summed E-state index contributed by atoms with van der Waals surface area (Å²) in [5.74, 6) is -0.702. The molecule has 1 fully saturated rings. The number of carboxylic acid groups (broad SMARTS) is 1. The first-order valence-corrected chi connectivity index (χ1v) is 7.91. The largest absolute Gasteiger partial charge is 0.480 e. The number of sulfonamides is 1. The number of rotatable bonds is 7. The molecule has 5 nitrogen and oxygen atoms in total. The zero-order chi connectivity index (χ0) is 13.9. The van der Waals surface area contributed by atoms with Crippen molar-refractivity contribution < 1.29 is 18.3 Å². The van der Waals surface area contributed by atoms with Gasteiger partial charge in [0.2, 0.25) is 10.0 Å². The van der Waals surface area contributed by atoms with E-state index >= 15 is 0 Å². The van der Waals surface area contributed by atoms with Crippen molar-refractivity contribution in [3.05, 3.63) is 35.9 Å². The van der Waals surface area contributed by atoms with Crippen LogP contribution in [0, 0.1) is 5.92 Å². The van der Waals surface area contributed by atoms with Crippen LogP contribution in [0.2, 0.25) is 0 Å². The van der Waals surface area contributed by atoms with E-state index in [1.165, 1.54) is 0 Å². The first-order chi connectivity index (χ1) is 8.98. The molecule has 1 aromatic rings. The third kappa shape index (κ3) is 4.33. The second kappa shape index (κ2) is 5.71. The molecular weight excluding hydrogens is 266 g/mol. The Morgan fingerprint density at radius 1 is 1.32 bits per heavy atom. The summed E-state index contributed by atoms with van der Waals surface area (Å²) < 4.78 is 26.0. The lowest BCUT2D eigenvalue weighted by atomic mass is 10.1. The van der Waals surface area contributed by atoms with Crippen LogP contribution in [0.4, 0.5) is 0 Å². The van der Waals surface area contributed by atoms with E-state index in [1.54, 1.807) is 30.3 Å². The maximum absolute atomic E-state index is 11.9. The maximum atomic E-state index is 11.9. The van der Waals surface area contributed by atoms with Crippen LogP contribution in [0.1, 0.15) is 30.9 Å². The van der Waals surface area contributed by atoms with Gasteiger partial charge in [-0.2, -0.15) is 4.72 Å². The average molecular weight is 283 g/mol. The van der Waals surface area contributed by atoms with E-state index < -0.39 is 22.0 Å². The van der Waals surface area contributed by atoms with Crippen LogP contribution in [0.5, 0.6) is 0 Å². The molecule has 0 radical (unpaired) electrons. The summed E-state index contributed by atoms with van der Waals surface area (Å²) in [4.78, 5) is 11.2. The van der Waals surface area contributed by atoms with Crippen LogP contribution >= 0.6 is 0 Å². The van der Waals surface area contributed by atoms with Gasteiger partial charge in [0.1, 0.15) is 6.04 Å². The van der Waals surface area contributed by atoms with Crippen molar-refractivity contribution in [2.75, 3.05) is 5.75 Å².